The maximum absolute atomic E-state index is 12.8. The monoisotopic (exact) mass is 357 g/mol. The van der Waals surface area contributed by atoms with Crippen molar-refractivity contribution in [1.29, 1.82) is 0 Å². The zero-order valence-electron chi connectivity index (χ0n) is 13.6. The van der Waals surface area contributed by atoms with E-state index in [9.17, 15) is 14.0 Å². The van der Waals surface area contributed by atoms with Gasteiger partial charge in [-0.05, 0) is 48.0 Å². The second-order valence-corrected chi connectivity index (χ2v) is 5.05. The molecule has 0 spiro atoms. The van der Waals surface area contributed by atoms with Gasteiger partial charge in [0.2, 0.25) is 0 Å². The molecule has 0 radical (unpaired) electrons. The van der Waals surface area contributed by atoms with Crippen molar-refractivity contribution in [3.05, 3.63) is 71.6 Å². The highest BCUT2D eigenvalue weighted by Crippen LogP contribution is 2.12. The second-order valence-electron chi connectivity index (χ2n) is 5.05. The summed E-state index contributed by atoms with van der Waals surface area (Å²) in [6.07, 6.45) is 2.60. The molecule has 8 heteroatoms. The van der Waals surface area contributed by atoms with Crippen LogP contribution in [0.15, 0.2) is 59.8 Å². The predicted molar refractivity (Wildman–Crippen MR) is 93.4 cm³/mol. The number of nitrogens with zero attached hydrogens (tertiary/aromatic N) is 1. The number of primary amides is 1. The van der Waals surface area contributed by atoms with Crippen LogP contribution in [0.4, 0.5) is 4.39 Å². The Balaban J connectivity index is 1.91. The highest BCUT2D eigenvalue weighted by molar-refractivity contribution is 5.98. The van der Waals surface area contributed by atoms with Gasteiger partial charge in [0.05, 0.1) is 0 Å². The molecule has 0 bridgehead atoms. The summed E-state index contributed by atoms with van der Waals surface area (Å²) in [4.78, 5) is 26.9. The number of halogens is 1. The molecule has 0 aliphatic heterocycles. The highest BCUT2D eigenvalue weighted by Gasteiger charge is 2.03. The van der Waals surface area contributed by atoms with Crippen molar-refractivity contribution in [2.75, 3.05) is 6.61 Å². The van der Waals surface area contributed by atoms with E-state index in [4.69, 9.17) is 16.2 Å². The molecular formula is C18H16FN3O4. The molecule has 2 aromatic rings. The number of benzene rings is 2. The first-order chi connectivity index (χ1) is 12.4. The Bertz CT molecular complexity index is 831. The molecule has 0 aliphatic rings. The summed E-state index contributed by atoms with van der Waals surface area (Å²) in [6, 6.07) is 11.9. The Morgan fingerprint density at radius 2 is 1.69 bits per heavy atom. The first-order valence-corrected chi connectivity index (χ1v) is 7.43. The summed E-state index contributed by atoms with van der Waals surface area (Å²) in [5.41, 5.74) is 11.8. The van der Waals surface area contributed by atoms with Crippen molar-refractivity contribution in [2.24, 2.45) is 16.6 Å². The van der Waals surface area contributed by atoms with Gasteiger partial charge in [0.15, 0.2) is 12.4 Å². The molecule has 4 N–H and O–H groups in total. The molecule has 0 fully saturated rings. The molecule has 2 rings (SSSR count). The van der Waals surface area contributed by atoms with E-state index in [0.29, 0.717) is 16.9 Å². The van der Waals surface area contributed by atoms with Crippen molar-refractivity contribution < 1.29 is 23.6 Å². The van der Waals surface area contributed by atoms with Crippen molar-refractivity contribution in [2.45, 2.75) is 0 Å². The maximum atomic E-state index is 12.8. The second kappa shape index (κ2) is 8.97. The van der Waals surface area contributed by atoms with Gasteiger partial charge in [0, 0.05) is 11.6 Å². The number of amides is 1. The van der Waals surface area contributed by atoms with Crippen LogP contribution in [0, 0.1) is 5.82 Å². The summed E-state index contributed by atoms with van der Waals surface area (Å²) in [5.74, 6) is -1.28. The predicted octanol–water partition coefficient (Wildman–Crippen LogP) is 1.57. The van der Waals surface area contributed by atoms with Gasteiger partial charge >= 0.3 is 5.97 Å². The standard InChI is InChI=1S/C18H16FN3O4/c19-14-6-1-12(2-7-14)3-10-17(24)26-22-18(21)13-4-8-15(9-5-13)25-11-16(20)23/h1-10H,11H2,(H2,20,23)(H2,21,22)/b10-3+. The summed E-state index contributed by atoms with van der Waals surface area (Å²) < 4.78 is 17.9. The van der Waals surface area contributed by atoms with Crippen LogP contribution in [-0.4, -0.2) is 24.3 Å². The van der Waals surface area contributed by atoms with Gasteiger partial charge in [-0.2, -0.15) is 0 Å². The molecule has 134 valence electrons. The Hall–Kier alpha value is -3.68. The molecular weight excluding hydrogens is 341 g/mol. The molecule has 1 amide bonds. The van der Waals surface area contributed by atoms with Crippen LogP contribution in [0.5, 0.6) is 5.75 Å². The molecule has 26 heavy (non-hydrogen) atoms. The average Bonchev–Trinajstić information content (AvgIpc) is 2.64. The van der Waals surface area contributed by atoms with Gasteiger partial charge in [0.1, 0.15) is 11.6 Å². The summed E-state index contributed by atoms with van der Waals surface area (Å²) in [6.45, 7) is -0.235. The van der Waals surface area contributed by atoms with E-state index in [2.05, 4.69) is 9.99 Å². The number of ether oxygens (including phenoxy) is 1. The van der Waals surface area contributed by atoms with Gasteiger partial charge in [0.25, 0.3) is 5.91 Å². The number of carbonyl (C=O) groups is 2. The largest absolute Gasteiger partial charge is 0.484 e. The topological polar surface area (TPSA) is 117 Å². The third kappa shape index (κ3) is 6.08. The summed E-state index contributed by atoms with van der Waals surface area (Å²) in [7, 11) is 0. The minimum atomic E-state index is -0.737. The van der Waals surface area contributed by atoms with Gasteiger partial charge in [-0.15, -0.1) is 0 Å². The minimum Gasteiger partial charge on any atom is -0.484 e. The van der Waals surface area contributed by atoms with Crippen molar-refractivity contribution in [3.63, 3.8) is 0 Å². The van der Waals surface area contributed by atoms with Crippen LogP contribution in [0.2, 0.25) is 0 Å². The van der Waals surface area contributed by atoms with Crippen molar-refractivity contribution in [3.8, 4) is 5.75 Å². The lowest BCUT2D eigenvalue weighted by Crippen LogP contribution is -2.20. The first kappa shape index (κ1) is 18.7. The highest BCUT2D eigenvalue weighted by atomic mass is 19.1. The van der Waals surface area contributed by atoms with Gasteiger partial charge in [-0.25, -0.2) is 9.18 Å². The average molecular weight is 357 g/mol. The quantitative estimate of drug-likeness (QED) is 0.256. The van der Waals surface area contributed by atoms with E-state index >= 15 is 0 Å². The third-order valence-electron chi connectivity index (χ3n) is 3.05. The van der Waals surface area contributed by atoms with Gasteiger partial charge in [-0.3, -0.25) is 4.79 Å². The molecule has 0 saturated carbocycles. The summed E-state index contributed by atoms with van der Waals surface area (Å²) in [5, 5.41) is 3.54. The fourth-order valence-corrected chi connectivity index (χ4v) is 1.79. The normalized spacial score (nSPS) is 11.3. The van der Waals surface area contributed by atoms with Crippen LogP contribution >= 0.6 is 0 Å². The van der Waals surface area contributed by atoms with E-state index in [1.54, 1.807) is 24.3 Å². The molecule has 0 aliphatic carbocycles. The number of hydrogen-bond donors (Lipinski definition) is 2. The van der Waals surface area contributed by atoms with Crippen molar-refractivity contribution in [1.82, 2.24) is 0 Å². The lowest BCUT2D eigenvalue weighted by molar-refractivity contribution is -0.137. The SMILES string of the molecule is NC(=O)COc1ccc(/C(N)=N/OC(=O)/C=C/c2ccc(F)cc2)cc1. The number of hydrogen-bond acceptors (Lipinski definition) is 5. The number of carbonyl (C=O) groups excluding carboxylic acids is 2. The van der Waals surface area contributed by atoms with E-state index in [0.717, 1.165) is 6.08 Å². The molecule has 7 nitrogen and oxygen atoms in total. The Morgan fingerprint density at radius 1 is 1.04 bits per heavy atom. The molecule has 0 atom stereocenters. The molecule has 0 heterocycles. The third-order valence-corrected chi connectivity index (χ3v) is 3.05. The molecule has 0 unspecified atom stereocenters. The van der Waals surface area contributed by atoms with E-state index in [-0.39, 0.29) is 18.3 Å². The summed E-state index contributed by atoms with van der Waals surface area (Å²) >= 11 is 0. The fraction of sp³-hybridized carbons (Fsp3) is 0.0556. The minimum absolute atomic E-state index is 0.0185. The Morgan fingerprint density at radius 3 is 2.31 bits per heavy atom. The zero-order chi connectivity index (χ0) is 18.9. The van der Waals surface area contributed by atoms with E-state index in [1.165, 1.54) is 30.3 Å². The van der Waals surface area contributed by atoms with E-state index < -0.39 is 11.9 Å². The molecule has 0 aromatic heterocycles. The maximum Gasteiger partial charge on any atom is 0.358 e. The smallest absolute Gasteiger partial charge is 0.358 e. The number of rotatable bonds is 7. The molecule has 0 saturated heterocycles. The Labute approximate surface area is 148 Å². The van der Waals surface area contributed by atoms with Crippen LogP contribution in [-0.2, 0) is 14.4 Å². The lowest BCUT2D eigenvalue weighted by atomic mass is 10.2. The first-order valence-electron chi connectivity index (χ1n) is 7.43. The van der Waals surface area contributed by atoms with Gasteiger partial charge < -0.3 is 21.0 Å². The van der Waals surface area contributed by atoms with E-state index in [1.807, 2.05) is 0 Å². The van der Waals surface area contributed by atoms with Gasteiger partial charge in [-0.1, -0.05) is 17.3 Å². The number of oxime groups is 1. The fourth-order valence-electron chi connectivity index (χ4n) is 1.79. The van der Waals surface area contributed by atoms with Crippen LogP contribution < -0.4 is 16.2 Å². The zero-order valence-corrected chi connectivity index (χ0v) is 13.6. The van der Waals surface area contributed by atoms with Crippen molar-refractivity contribution >= 4 is 23.8 Å². The number of amidine groups is 1. The van der Waals surface area contributed by atoms with Crippen LogP contribution in [0.1, 0.15) is 11.1 Å². The van der Waals surface area contributed by atoms with Crippen LogP contribution in [0.25, 0.3) is 6.08 Å². The lowest BCUT2D eigenvalue weighted by Gasteiger charge is -2.04. The molecule has 2 aromatic carbocycles. The van der Waals surface area contributed by atoms with Crippen LogP contribution in [0.3, 0.4) is 0 Å². The number of nitrogens with two attached hydrogens (primary N) is 2. The Kier molecular flexibility index (Phi) is 6.44.